The summed E-state index contributed by atoms with van der Waals surface area (Å²) in [5.74, 6) is 0.523. The molecule has 5 heteroatoms. The first kappa shape index (κ1) is 10.8. The van der Waals surface area contributed by atoms with Crippen LogP contribution in [-0.4, -0.2) is 24.2 Å². The predicted octanol–water partition coefficient (Wildman–Crippen LogP) is 1.29. The molecular formula is C11H13N3O2. The topological polar surface area (TPSA) is 56.3 Å². The van der Waals surface area contributed by atoms with Gasteiger partial charge in [0.25, 0.3) is 0 Å². The Morgan fingerprint density at radius 2 is 2.12 bits per heavy atom. The molecule has 0 saturated heterocycles. The largest absolute Gasteiger partial charge is 0.480 e. The molecule has 0 aliphatic heterocycles. The molecule has 2 aromatic rings. The van der Waals surface area contributed by atoms with Gasteiger partial charge in [-0.05, 0) is 17.7 Å². The summed E-state index contributed by atoms with van der Waals surface area (Å²) in [7, 11) is 3.17. The summed E-state index contributed by atoms with van der Waals surface area (Å²) in [6.45, 7) is 0.639. The van der Waals surface area contributed by atoms with E-state index in [4.69, 9.17) is 9.57 Å². The summed E-state index contributed by atoms with van der Waals surface area (Å²) in [5.41, 5.74) is 5.53. The summed E-state index contributed by atoms with van der Waals surface area (Å²) < 4.78 is 5.01. The molecule has 0 fully saturated rings. The number of nitrogens with one attached hydrogen (secondary N) is 1. The molecule has 84 valence electrons. The van der Waals surface area contributed by atoms with Gasteiger partial charge in [0.05, 0.1) is 31.4 Å². The van der Waals surface area contributed by atoms with E-state index in [9.17, 15) is 0 Å². The van der Waals surface area contributed by atoms with Crippen molar-refractivity contribution < 1.29 is 9.57 Å². The summed E-state index contributed by atoms with van der Waals surface area (Å²) in [6.07, 6.45) is 1.61. The van der Waals surface area contributed by atoms with Crippen LogP contribution >= 0.6 is 0 Å². The van der Waals surface area contributed by atoms with Crippen molar-refractivity contribution in [1.82, 2.24) is 15.4 Å². The van der Waals surface area contributed by atoms with Gasteiger partial charge in [-0.2, -0.15) is 5.48 Å². The van der Waals surface area contributed by atoms with Crippen molar-refractivity contribution >= 4 is 11.0 Å². The first-order chi connectivity index (χ1) is 7.83. The molecule has 0 amide bonds. The second-order valence-electron chi connectivity index (χ2n) is 3.26. The molecular weight excluding hydrogens is 206 g/mol. The molecule has 0 unspecified atom stereocenters. The van der Waals surface area contributed by atoms with Crippen molar-refractivity contribution in [3.8, 4) is 5.88 Å². The van der Waals surface area contributed by atoms with E-state index in [1.165, 1.54) is 0 Å². The Morgan fingerprint density at radius 1 is 1.25 bits per heavy atom. The van der Waals surface area contributed by atoms with E-state index in [2.05, 4.69) is 15.4 Å². The van der Waals surface area contributed by atoms with E-state index in [1.807, 2.05) is 18.2 Å². The van der Waals surface area contributed by atoms with Gasteiger partial charge >= 0.3 is 0 Å². The lowest BCUT2D eigenvalue weighted by atomic mass is 10.2. The average molecular weight is 219 g/mol. The quantitative estimate of drug-likeness (QED) is 0.785. The number of methoxy groups -OCH3 is 1. The number of hydrogen-bond acceptors (Lipinski definition) is 5. The second-order valence-corrected chi connectivity index (χ2v) is 3.26. The fourth-order valence-corrected chi connectivity index (χ4v) is 1.40. The number of hydroxylamine groups is 1. The molecule has 0 aliphatic carbocycles. The van der Waals surface area contributed by atoms with Crippen LogP contribution in [0.4, 0.5) is 0 Å². The zero-order valence-electron chi connectivity index (χ0n) is 9.23. The van der Waals surface area contributed by atoms with Gasteiger partial charge in [-0.15, -0.1) is 0 Å². The SMILES string of the molecule is CONCc1ccc2nc(OC)cnc2c1. The number of rotatable bonds is 4. The smallest absolute Gasteiger partial charge is 0.232 e. The molecule has 0 atom stereocenters. The Morgan fingerprint density at radius 3 is 2.88 bits per heavy atom. The second kappa shape index (κ2) is 4.87. The van der Waals surface area contributed by atoms with Gasteiger partial charge in [0.15, 0.2) is 0 Å². The van der Waals surface area contributed by atoms with Crippen molar-refractivity contribution in [2.24, 2.45) is 0 Å². The van der Waals surface area contributed by atoms with Crippen LogP contribution in [0.2, 0.25) is 0 Å². The molecule has 1 N–H and O–H groups in total. The molecule has 16 heavy (non-hydrogen) atoms. The van der Waals surface area contributed by atoms with E-state index in [-0.39, 0.29) is 0 Å². The maximum absolute atomic E-state index is 5.01. The summed E-state index contributed by atoms with van der Waals surface area (Å²) in [5, 5.41) is 0. The third kappa shape index (κ3) is 2.26. The van der Waals surface area contributed by atoms with Crippen molar-refractivity contribution in [2.75, 3.05) is 14.2 Å². The van der Waals surface area contributed by atoms with Crippen LogP contribution in [0.3, 0.4) is 0 Å². The third-order valence-corrected chi connectivity index (χ3v) is 2.21. The highest BCUT2D eigenvalue weighted by molar-refractivity contribution is 5.75. The molecule has 1 aromatic carbocycles. The zero-order valence-corrected chi connectivity index (χ0v) is 9.23. The number of ether oxygens (including phenoxy) is 1. The van der Waals surface area contributed by atoms with Crippen molar-refractivity contribution in [2.45, 2.75) is 6.54 Å². The Hall–Kier alpha value is -1.72. The van der Waals surface area contributed by atoms with Gasteiger partial charge in [-0.3, -0.25) is 0 Å². The molecule has 0 spiro atoms. The van der Waals surface area contributed by atoms with Crippen LogP contribution < -0.4 is 10.2 Å². The van der Waals surface area contributed by atoms with Crippen LogP contribution in [0, 0.1) is 0 Å². The van der Waals surface area contributed by atoms with Crippen molar-refractivity contribution in [1.29, 1.82) is 0 Å². The normalized spacial score (nSPS) is 10.6. The van der Waals surface area contributed by atoms with E-state index >= 15 is 0 Å². The number of fused-ring (bicyclic) bond motifs is 1. The lowest BCUT2D eigenvalue weighted by Gasteiger charge is -2.04. The molecule has 0 aliphatic rings. The van der Waals surface area contributed by atoms with Crippen LogP contribution in [0.25, 0.3) is 11.0 Å². The molecule has 5 nitrogen and oxygen atoms in total. The van der Waals surface area contributed by atoms with Gasteiger partial charge < -0.3 is 9.57 Å². The first-order valence-electron chi connectivity index (χ1n) is 4.89. The highest BCUT2D eigenvalue weighted by Crippen LogP contribution is 2.15. The molecule has 2 rings (SSSR count). The monoisotopic (exact) mass is 219 g/mol. The van der Waals surface area contributed by atoms with Gasteiger partial charge in [0.1, 0.15) is 0 Å². The van der Waals surface area contributed by atoms with Crippen LogP contribution in [0.15, 0.2) is 24.4 Å². The number of aromatic nitrogens is 2. The first-order valence-corrected chi connectivity index (χ1v) is 4.89. The summed E-state index contributed by atoms with van der Waals surface area (Å²) in [6, 6.07) is 5.85. The number of nitrogens with zero attached hydrogens (tertiary/aromatic N) is 2. The Balaban J connectivity index is 2.32. The minimum Gasteiger partial charge on any atom is -0.480 e. The number of benzene rings is 1. The summed E-state index contributed by atoms with van der Waals surface area (Å²) in [4.78, 5) is 13.3. The minimum absolute atomic E-state index is 0.523. The Kier molecular flexibility index (Phi) is 3.28. The van der Waals surface area contributed by atoms with Gasteiger partial charge in [0, 0.05) is 6.54 Å². The van der Waals surface area contributed by atoms with Gasteiger partial charge in [-0.25, -0.2) is 9.97 Å². The molecule has 0 radical (unpaired) electrons. The average Bonchev–Trinajstić information content (AvgIpc) is 2.35. The van der Waals surface area contributed by atoms with Gasteiger partial charge in [-0.1, -0.05) is 6.07 Å². The lowest BCUT2D eigenvalue weighted by molar-refractivity contribution is 0.0867. The number of hydrogen-bond donors (Lipinski definition) is 1. The van der Waals surface area contributed by atoms with Crippen LogP contribution in [-0.2, 0) is 11.4 Å². The molecule has 0 bridgehead atoms. The lowest BCUT2D eigenvalue weighted by Crippen LogP contribution is -2.10. The van der Waals surface area contributed by atoms with Crippen molar-refractivity contribution in [3.63, 3.8) is 0 Å². The zero-order chi connectivity index (χ0) is 11.4. The fourth-order valence-electron chi connectivity index (χ4n) is 1.40. The fraction of sp³-hybridized carbons (Fsp3) is 0.273. The standard InChI is InChI=1S/C11H13N3O2/c1-15-11-7-12-10-5-8(6-13-16-2)3-4-9(10)14-11/h3-5,7,13H,6H2,1-2H3. The van der Waals surface area contributed by atoms with Crippen LogP contribution in [0.5, 0.6) is 5.88 Å². The van der Waals surface area contributed by atoms with Crippen LogP contribution in [0.1, 0.15) is 5.56 Å². The maximum atomic E-state index is 5.01. The highest BCUT2D eigenvalue weighted by Gasteiger charge is 2.01. The third-order valence-electron chi connectivity index (χ3n) is 2.21. The highest BCUT2D eigenvalue weighted by atomic mass is 16.6. The summed E-state index contributed by atoms with van der Waals surface area (Å²) >= 11 is 0. The maximum Gasteiger partial charge on any atom is 0.232 e. The molecule has 0 saturated carbocycles. The Labute approximate surface area is 93.4 Å². The van der Waals surface area contributed by atoms with Gasteiger partial charge in [0.2, 0.25) is 5.88 Å². The van der Waals surface area contributed by atoms with Crippen molar-refractivity contribution in [3.05, 3.63) is 30.0 Å². The van der Waals surface area contributed by atoms with E-state index in [1.54, 1.807) is 20.4 Å². The minimum atomic E-state index is 0.523. The Bertz CT molecular complexity index is 488. The molecule has 1 heterocycles. The van der Waals surface area contributed by atoms with E-state index < -0.39 is 0 Å². The molecule has 1 aromatic heterocycles. The predicted molar refractivity (Wildman–Crippen MR) is 59.9 cm³/mol. The van der Waals surface area contributed by atoms with E-state index in [0.29, 0.717) is 12.4 Å². The van der Waals surface area contributed by atoms with E-state index in [0.717, 1.165) is 16.6 Å².